The fourth-order valence-corrected chi connectivity index (χ4v) is 1.74. The van der Waals surface area contributed by atoms with Gasteiger partial charge in [0.25, 0.3) is 0 Å². The molecule has 1 heterocycles. The smallest absolute Gasteiger partial charge is 0.178 e. The van der Waals surface area contributed by atoms with Crippen LogP contribution in [-0.2, 0) is 0 Å². The van der Waals surface area contributed by atoms with Crippen molar-refractivity contribution < 1.29 is 4.79 Å². The lowest BCUT2D eigenvalue weighted by Crippen LogP contribution is -2.30. The molecule has 0 bridgehead atoms. The second kappa shape index (κ2) is 5.74. The molecule has 18 heavy (non-hydrogen) atoms. The van der Waals surface area contributed by atoms with Crippen LogP contribution in [0, 0.1) is 0 Å². The Kier molecular flexibility index (Phi) is 4.05. The van der Waals surface area contributed by atoms with Gasteiger partial charge in [0.2, 0.25) is 0 Å². The van der Waals surface area contributed by atoms with Crippen LogP contribution in [0.15, 0.2) is 36.5 Å². The summed E-state index contributed by atoms with van der Waals surface area (Å²) in [6.07, 6.45) is 2.67. The van der Waals surface area contributed by atoms with Crippen molar-refractivity contribution in [2.45, 2.75) is 26.3 Å². The summed E-state index contributed by atoms with van der Waals surface area (Å²) >= 11 is 0. The van der Waals surface area contributed by atoms with Crippen LogP contribution in [0.5, 0.6) is 0 Å². The molecule has 3 heteroatoms. The van der Waals surface area contributed by atoms with E-state index in [0.717, 1.165) is 17.3 Å². The van der Waals surface area contributed by atoms with Gasteiger partial charge in [0.05, 0.1) is 12.1 Å². The zero-order valence-corrected chi connectivity index (χ0v) is 10.8. The molecule has 0 aliphatic heterocycles. The minimum absolute atomic E-state index is 0.0913. The van der Waals surface area contributed by atoms with Crippen LogP contribution < -0.4 is 5.32 Å². The molecule has 0 amide bonds. The summed E-state index contributed by atoms with van der Waals surface area (Å²) in [7, 11) is 0. The number of nitrogens with one attached hydrogen (secondary N) is 1. The lowest BCUT2D eigenvalue weighted by Gasteiger charge is -2.10. The number of hydrogen-bond donors (Lipinski definition) is 1. The minimum Gasteiger partial charge on any atom is -0.307 e. The van der Waals surface area contributed by atoms with Gasteiger partial charge in [-0.05, 0) is 25.5 Å². The van der Waals surface area contributed by atoms with Gasteiger partial charge in [0.1, 0.15) is 0 Å². The molecule has 0 aliphatic rings. The molecule has 2 rings (SSSR count). The van der Waals surface area contributed by atoms with Crippen molar-refractivity contribution in [2.75, 3.05) is 6.54 Å². The number of carbonyl (C=O) groups excluding carboxylic acids is 1. The Morgan fingerprint density at radius 3 is 2.94 bits per heavy atom. The molecule has 2 aromatic rings. The predicted molar refractivity (Wildman–Crippen MR) is 73.8 cm³/mol. The van der Waals surface area contributed by atoms with Gasteiger partial charge in [0.15, 0.2) is 5.78 Å². The second-order valence-electron chi connectivity index (χ2n) is 4.53. The number of nitrogens with zero attached hydrogens (tertiary/aromatic N) is 1. The van der Waals surface area contributed by atoms with Crippen molar-refractivity contribution >= 4 is 16.7 Å². The Morgan fingerprint density at radius 2 is 2.17 bits per heavy atom. The highest BCUT2D eigenvalue weighted by Crippen LogP contribution is 2.12. The van der Waals surface area contributed by atoms with Crippen molar-refractivity contribution in [2.24, 2.45) is 0 Å². The van der Waals surface area contributed by atoms with E-state index in [0.29, 0.717) is 18.2 Å². The van der Waals surface area contributed by atoms with Gasteiger partial charge in [0, 0.05) is 23.2 Å². The molecule has 0 aliphatic carbocycles. The summed E-state index contributed by atoms with van der Waals surface area (Å²) < 4.78 is 0. The SMILES string of the molecule is CCC(C)NCC(=O)c1cnc2ccccc2c1. The molecule has 0 radical (unpaired) electrons. The molecule has 3 nitrogen and oxygen atoms in total. The first-order chi connectivity index (χ1) is 8.70. The van der Waals surface area contributed by atoms with E-state index in [1.54, 1.807) is 6.20 Å². The number of benzene rings is 1. The molecular weight excluding hydrogens is 224 g/mol. The monoisotopic (exact) mass is 242 g/mol. The summed E-state index contributed by atoms with van der Waals surface area (Å²) in [5.41, 5.74) is 1.59. The Bertz CT molecular complexity index is 551. The van der Waals surface area contributed by atoms with Crippen molar-refractivity contribution in [3.63, 3.8) is 0 Å². The summed E-state index contributed by atoms with van der Waals surface area (Å²) in [5.74, 6) is 0.0913. The Morgan fingerprint density at radius 1 is 1.39 bits per heavy atom. The molecule has 1 atom stereocenters. The van der Waals surface area contributed by atoms with Gasteiger partial charge in [-0.2, -0.15) is 0 Å². The van der Waals surface area contributed by atoms with E-state index in [4.69, 9.17) is 0 Å². The van der Waals surface area contributed by atoms with Crippen LogP contribution in [0.25, 0.3) is 10.9 Å². The number of hydrogen-bond acceptors (Lipinski definition) is 3. The normalized spacial score (nSPS) is 12.6. The van der Waals surface area contributed by atoms with Crippen molar-refractivity contribution in [3.8, 4) is 0 Å². The maximum atomic E-state index is 12.0. The molecular formula is C15H18N2O. The average molecular weight is 242 g/mol. The third-order valence-electron chi connectivity index (χ3n) is 3.14. The molecule has 0 saturated carbocycles. The van der Waals surface area contributed by atoms with Crippen LogP contribution in [0.4, 0.5) is 0 Å². The van der Waals surface area contributed by atoms with Gasteiger partial charge in [-0.3, -0.25) is 9.78 Å². The summed E-state index contributed by atoms with van der Waals surface area (Å²) in [6, 6.07) is 10.1. The quantitative estimate of drug-likeness (QED) is 0.820. The van der Waals surface area contributed by atoms with Gasteiger partial charge in [-0.1, -0.05) is 25.1 Å². The van der Waals surface area contributed by atoms with Gasteiger partial charge in [-0.15, -0.1) is 0 Å². The van der Waals surface area contributed by atoms with Crippen LogP contribution >= 0.6 is 0 Å². The highest BCUT2D eigenvalue weighted by Gasteiger charge is 2.08. The van der Waals surface area contributed by atoms with E-state index < -0.39 is 0 Å². The maximum absolute atomic E-state index is 12.0. The average Bonchev–Trinajstić information content (AvgIpc) is 2.43. The highest BCUT2D eigenvalue weighted by atomic mass is 16.1. The first kappa shape index (κ1) is 12.7. The number of aromatic nitrogens is 1. The molecule has 94 valence electrons. The summed E-state index contributed by atoms with van der Waals surface area (Å²) in [6.45, 7) is 4.54. The zero-order chi connectivity index (χ0) is 13.0. The van der Waals surface area contributed by atoms with E-state index in [1.807, 2.05) is 30.3 Å². The molecule has 1 aromatic carbocycles. The zero-order valence-electron chi connectivity index (χ0n) is 10.8. The molecule has 0 saturated heterocycles. The molecule has 1 N–H and O–H groups in total. The first-order valence-electron chi connectivity index (χ1n) is 6.32. The third-order valence-corrected chi connectivity index (χ3v) is 3.14. The maximum Gasteiger partial charge on any atom is 0.178 e. The first-order valence-corrected chi connectivity index (χ1v) is 6.32. The van der Waals surface area contributed by atoms with Crippen LogP contribution in [0.1, 0.15) is 30.6 Å². The van der Waals surface area contributed by atoms with E-state index in [9.17, 15) is 4.79 Å². The lowest BCUT2D eigenvalue weighted by molar-refractivity contribution is 0.0987. The number of carbonyl (C=O) groups is 1. The number of pyridine rings is 1. The van der Waals surface area contributed by atoms with Crippen molar-refractivity contribution in [1.29, 1.82) is 0 Å². The Hall–Kier alpha value is -1.74. The highest BCUT2D eigenvalue weighted by molar-refractivity contribution is 6.00. The topological polar surface area (TPSA) is 42.0 Å². The summed E-state index contributed by atoms with van der Waals surface area (Å²) in [4.78, 5) is 16.3. The second-order valence-corrected chi connectivity index (χ2v) is 4.53. The predicted octanol–water partition coefficient (Wildman–Crippen LogP) is 2.81. The van der Waals surface area contributed by atoms with Crippen molar-refractivity contribution in [3.05, 3.63) is 42.1 Å². The van der Waals surface area contributed by atoms with Gasteiger partial charge in [-0.25, -0.2) is 0 Å². The van der Waals surface area contributed by atoms with Crippen LogP contribution in [0.3, 0.4) is 0 Å². The van der Waals surface area contributed by atoms with Crippen molar-refractivity contribution in [1.82, 2.24) is 10.3 Å². The van der Waals surface area contributed by atoms with E-state index in [2.05, 4.69) is 24.1 Å². The van der Waals surface area contributed by atoms with E-state index in [-0.39, 0.29) is 5.78 Å². The molecule has 0 fully saturated rings. The Labute approximate surface area is 107 Å². The standard InChI is InChI=1S/C15H18N2O/c1-3-11(2)16-10-15(18)13-8-12-6-4-5-7-14(12)17-9-13/h4-9,11,16H,3,10H2,1-2H3. The van der Waals surface area contributed by atoms with Gasteiger partial charge < -0.3 is 5.32 Å². The molecule has 1 unspecified atom stereocenters. The fourth-order valence-electron chi connectivity index (χ4n) is 1.74. The molecule has 1 aromatic heterocycles. The largest absolute Gasteiger partial charge is 0.307 e. The third kappa shape index (κ3) is 2.93. The Balaban J connectivity index is 2.13. The number of ketones is 1. The van der Waals surface area contributed by atoms with E-state index >= 15 is 0 Å². The number of fused-ring (bicyclic) bond motifs is 1. The minimum atomic E-state index is 0.0913. The number of Topliss-reactive ketones (excluding diaryl/α,β-unsaturated/α-hetero) is 1. The summed E-state index contributed by atoms with van der Waals surface area (Å²) in [5, 5.41) is 4.21. The van der Waals surface area contributed by atoms with E-state index in [1.165, 1.54) is 0 Å². The number of para-hydroxylation sites is 1. The number of rotatable bonds is 5. The van der Waals surface area contributed by atoms with Crippen LogP contribution in [0.2, 0.25) is 0 Å². The van der Waals surface area contributed by atoms with Crippen LogP contribution in [-0.4, -0.2) is 23.4 Å². The fraction of sp³-hybridized carbons (Fsp3) is 0.333. The molecule has 0 spiro atoms. The van der Waals surface area contributed by atoms with Gasteiger partial charge >= 0.3 is 0 Å². The lowest BCUT2D eigenvalue weighted by atomic mass is 10.1.